The number of benzene rings is 1. The third-order valence-electron chi connectivity index (χ3n) is 2.82. The molecule has 4 nitrogen and oxygen atoms in total. The molecule has 0 aromatic heterocycles. The molecule has 0 bridgehead atoms. The van der Waals surface area contributed by atoms with Gasteiger partial charge in [0, 0.05) is 12.0 Å². The highest BCUT2D eigenvalue weighted by molar-refractivity contribution is 5.85. The number of para-hydroxylation sites is 1. The topological polar surface area (TPSA) is 70.6 Å². The average molecular weight is 257 g/mol. The van der Waals surface area contributed by atoms with E-state index in [0.717, 1.165) is 0 Å². The molecule has 1 aromatic carbocycles. The van der Waals surface area contributed by atoms with E-state index < -0.39 is 17.0 Å². The average Bonchev–Trinajstić information content (AvgIpc) is 2.31. The van der Waals surface area contributed by atoms with Gasteiger partial charge in [-0.1, -0.05) is 25.1 Å². The fraction of sp³-hybridized carbons (Fsp3) is 0.417. The van der Waals surface area contributed by atoms with E-state index in [9.17, 15) is 8.78 Å². The van der Waals surface area contributed by atoms with Crippen molar-refractivity contribution in [3.63, 3.8) is 0 Å². The molecule has 0 heterocycles. The van der Waals surface area contributed by atoms with Crippen molar-refractivity contribution in [3.05, 3.63) is 29.8 Å². The number of hydrogen-bond donors (Lipinski definition) is 3. The molecular formula is C12H17F2N3O. The highest BCUT2D eigenvalue weighted by Gasteiger charge is 2.23. The van der Waals surface area contributed by atoms with Crippen LogP contribution < -0.4 is 11.1 Å². The lowest BCUT2D eigenvalue weighted by Crippen LogP contribution is -2.33. The van der Waals surface area contributed by atoms with Crippen LogP contribution in [0.4, 0.5) is 14.5 Å². The smallest absolute Gasteiger partial charge is 0.149 e. The van der Waals surface area contributed by atoms with E-state index >= 15 is 0 Å². The summed E-state index contributed by atoms with van der Waals surface area (Å²) in [5.41, 5.74) is 4.80. The summed E-state index contributed by atoms with van der Waals surface area (Å²) in [6, 6.07) is 3.66. The first kappa shape index (κ1) is 14.2. The van der Waals surface area contributed by atoms with E-state index in [1.54, 1.807) is 13.8 Å². The lowest BCUT2D eigenvalue weighted by Gasteiger charge is -2.23. The third-order valence-corrected chi connectivity index (χ3v) is 2.82. The molecule has 6 heteroatoms. The number of halogens is 2. The number of oxime groups is 1. The highest BCUT2D eigenvalue weighted by Crippen LogP contribution is 2.22. The molecule has 0 unspecified atom stereocenters. The van der Waals surface area contributed by atoms with Gasteiger partial charge < -0.3 is 16.3 Å². The van der Waals surface area contributed by atoms with Gasteiger partial charge in [-0.3, -0.25) is 0 Å². The van der Waals surface area contributed by atoms with Gasteiger partial charge in [0.25, 0.3) is 0 Å². The van der Waals surface area contributed by atoms with Crippen molar-refractivity contribution >= 4 is 11.5 Å². The van der Waals surface area contributed by atoms with Crippen LogP contribution in [0.3, 0.4) is 0 Å². The Morgan fingerprint density at radius 1 is 1.39 bits per heavy atom. The Morgan fingerprint density at radius 3 is 2.44 bits per heavy atom. The minimum Gasteiger partial charge on any atom is -0.409 e. The molecule has 0 saturated carbocycles. The lowest BCUT2D eigenvalue weighted by molar-refractivity contribution is 0.306. The number of nitrogens with two attached hydrogens (primary N) is 1. The second-order valence-electron chi connectivity index (χ2n) is 4.64. The Kier molecular flexibility index (Phi) is 4.47. The van der Waals surface area contributed by atoms with Crippen LogP contribution in [0.2, 0.25) is 0 Å². The van der Waals surface area contributed by atoms with Crippen LogP contribution in [-0.4, -0.2) is 17.6 Å². The zero-order valence-corrected chi connectivity index (χ0v) is 10.4. The van der Waals surface area contributed by atoms with Crippen molar-refractivity contribution in [1.29, 1.82) is 0 Å². The summed E-state index contributed by atoms with van der Waals surface area (Å²) in [5.74, 6) is -1.20. The van der Waals surface area contributed by atoms with Crippen molar-refractivity contribution in [2.75, 3.05) is 11.9 Å². The monoisotopic (exact) mass is 257 g/mol. The molecule has 0 aliphatic carbocycles. The number of rotatable bonds is 5. The third kappa shape index (κ3) is 3.32. The number of nitrogens with zero attached hydrogens (tertiary/aromatic N) is 1. The standard InChI is InChI=1S/C12H17F2N3O/c1-12(2,11(15)17-18)6-7-16-10-8(13)4-3-5-9(10)14/h3-5,16,18H,6-7H2,1-2H3,(H2,15,17). The molecule has 1 aromatic rings. The zero-order chi connectivity index (χ0) is 13.8. The van der Waals surface area contributed by atoms with E-state index in [4.69, 9.17) is 10.9 Å². The van der Waals surface area contributed by atoms with Crippen LogP contribution in [0.15, 0.2) is 23.4 Å². The largest absolute Gasteiger partial charge is 0.409 e. The van der Waals surface area contributed by atoms with E-state index in [1.165, 1.54) is 18.2 Å². The molecule has 0 aliphatic rings. The molecule has 0 amide bonds. The fourth-order valence-electron chi connectivity index (χ4n) is 1.43. The van der Waals surface area contributed by atoms with Crippen LogP contribution in [0.5, 0.6) is 0 Å². The maximum atomic E-state index is 13.3. The normalized spacial score (nSPS) is 12.6. The number of nitrogens with one attached hydrogen (secondary N) is 1. The van der Waals surface area contributed by atoms with Crippen LogP contribution in [-0.2, 0) is 0 Å². The van der Waals surface area contributed by atoms with Crippen molar-refractivity contribution in [2.24, 2.45) is 16.3 Å². The summed E-state index contributed by atoms with van der Waals surface area (Å²) < 4.78 is 26.6. The summed E-state index contributed by atoms with van der Waals surface area (Å²) in [7, 11) is 0. The summed E-state index contributed by atoms with van der Waals surface area (Å²) >= 11 is 0. The molecular weight excluding hydrogens is 240 g/mol. The van der Waals surface area contributed by atoms with Crippen molar-refractivity contribution in [3.8, 4) is 0 Å². The molecule has 18 heavy (non-hydrogen) atoms. The summed E-state index contributed by atoms with van der Waals surface area (Å²) in [4.78, 5) is 0. The van der Waals surface area contributed by atoms with Crippen LogP contribution in [0.25, 0.3) is 0 Å². The van der Waals surface area contributed by atoms with Crippen molar-refractivity contribution in [2.45, 2.75) is 20.3 Å². The Bertz CT molecular complexity index is 427. The van der Waals surface area contributed by atoms with Crippen LogP contribution >= 0.6 is 0 Å². The Hall–Kier alpha value is -1.85. The van der Waals surface area contributed by atoms with Crippen LogP contribution in [0.1, 0.15) is 20.3 Å². The van der Waals surface area contributed by atoms with Gasteiger partial charge in [0.15, 0.2) is 0 Å². The van der Waals surface area contributed by atoms with E-state index in [-0.39, 0.29) is 11.5 Å². The van der Waals surface area contributed by atoms with Gasteiger partial charge >= 0.3 is 0 Å². The number of hydrogen-bond acceptors (Lipinski definition) is 3. The predicted octanol–water partition coefficient (Wildman–Crippen LogP) is 2.54. The van der Waals surface area contributed by atoms with Gasteiger partial charge in [-0.2, -0.15) is 0 Å². The maximum Gasteiger partial charge on any atom is 0.149 e. The van der Waals surface area contributed by atoms with Crippen molar-refractivity contribution in [1.82, 2.24) is 0 Å². The molecule has 0 aliphatic heterocycles. The van der Waals surface area contributed by atoms with Crippen molar-refractivity contribution < 1.29 is 14.0 Å². The van der Waals surface area contributed by atoms with Gasteiger partial charge in [-0.25, -0.2) is 8.78 Å². The van der Waals surface area contributed by atoms with Crippen LogP contribution in [0, 0.1) is 17.0 Å². The van der Waals surface area contributed by atoms with Gasteiger partial charge in [-0.05, 0) is 18.6 Å². The Balaban J connectivity index is 2.62. The van der Waals surface area contributed by atoms with Gasteiger partial charge in [0.1, 0.15) is 23.2 Å². The molecule has 0 saturated heterocycles. The first-order valence-corrected chi connectivity index (χ1v) is 5.54. The Morgan fingerprint density at radius 2 is 1.94 bits per heavy atom. The SMILES string of the molecule is CC(C)(CCNc1c(F)cccc1F)C(N)=NO. The second-order valence-corrected chi connectivity index (χ2v) is 4.64. The molecule has 0 spiro atoms. The number of amidine groups is 1. The first-order valence-electron chi connectivity index (χ1n) is 5.54. The number of anilines is 1. The summed E-state index contributed by atoms with van der Waals surface area (Å²) in [5, 5.41) is 14.2. The summed E-state index contributed by atoms with van der Waals surface area (Å²) in [6.45, 7) is 3.87. The van der Waals surface area contributed by atoms with Gasteiger partial charge in [0.2, 0.25) is 0 Å². The molecule has 100 valence electrons. The first-order chi connectivity index (χ1) is 8.38. The minimum atomic E-state index is -0.642. The zero-order valence-electron chi connectivity index (χ0n) is 10.4. The molecule has 0 radical (unpaired) electrons. The predicted molar refractivity (Wildman–Crippen MR) is 66.7 cm³/mol. The minimum absolute atomic E-state index is 0.0818. The van der Waals surface area contributed by atoms with E-state index in [0.29, 0.717) is 13.0 Å². The van der Waals surface area contributed by atoms with E-state index in [1.807, 2.05) is 0 Å². The molecule has 0 fully saturated rings. The summed E-state index contributed by atoms with van der Waals surface area (Å²) in [6.07, 6.45) is 0.469. The second kappa shape index (κ2) is 5.66. The van der Waals surface area contributed by atoms with Gasteiger partial charge in [-0.15, -0.1) is 0 Å². The Labute approximate surface area is 104 Å². The molecule has 0 atom stereocenters. The maximum absolute atomic E-state index is 13.3. The fourth-order valence-corrected chi connectivity index (χ4v) is 1.43. The van der Waals surface area contributed by atoms with Gasteiger partial charge in [0.05, 0.1) is 0 Å². The highest BCUT2D eigenvalue weighted by atomic mass is 19.1. The lowest BCUT2D eigenvalue weighted by atomic mass is 9.88. The molecule has 1 rings (SSSR count). The quantitative estimate of drug-likeness (QED) is 0.328. The van der Waals surface area contributed by atoms with E-state index in [2.05, 4.69) is 10.5 Å². The molecule has 4 N–H and O–H groups in total.